The molecule has 0 unspecified atom stereocenters. The van der Waals surface area contributed by atoms with Gasteiger partial charge >= 0.3 is 0 Å². The van der Waals surface area contributed by atoms with Crippen LogP contribution in [0, 0.1) is 0 Å². The zero-order valence-electron chi connectivity index (χ0n) is 8.99. The predicted molar refractivity (Wildman–Crippen MR) is 64.5 cm³/mol. The molecule has 0 fully saturated rings. The molecule has 0 spiro atoms. The van der Waals surface area contributed by atoms with Crippen molar-refractivity contribution in [1.29, 1.82) is 0 Å². The average molecular weight is 288 g/mol. The molecule has 0 aliphatic carbocycles. The fraction of sp³-hybridized carbons (Fsp3) is 0.400. The first-order chi connectivity index (χ1) is 7.45. The molecule has 0 aliphatic rings. The van der Waals surface area contributed by atoms with E-state index in [9.17, 15) is 13.9 Å². The standard InChI is InChI=1S/C10H12ClF2NO2.ClH/c1-16-8-3-5(2-6(11)10(8)15)7(14)4-9(12)13;/h2-3,7,9,15H,4,14H2,1H3;1H/t7-;/m0./s1. The Labute approximate surface area is 109 Å². The first-order valence-electron chi connectivity index (χ1n) is 4.55. The molecule has 0 amide bonds. The molecule has 1 atom stereocenters. The second-order valence-corrected chi connectivity index (χ2v) is 3.69. The Balaban J connectivity index is 0.00000256. The highest BCUT2D eigenvalue weighted by Gasteiger charge is 2.16. The number of phenolic OH excluding ortho intramolecular Hbond substituents is 1. The van der Waals surface area contributed by atoms with E-state index in [1.807, 2.05) is 0 Å². The normalized spacial score (nSPS) is 12.1. The first-order valence-corrected chi connectivity index (χ1v) is 4.93. The predicted octanol–water partition coefficient (Wildman–Crippen LogP) is 3.13. The number of phenols is 1. The zero-order chi connectivity index (χ0) is 12.3. The summed E-state index contributed by atoms with van der Waals surface area (Å²) in [5.41, 5.74) is 5.97. The molecule has 0 aromatic heterocycles. The minimum atomic E-state index is -2.49. The highest BCUT2D eigenvalue weighted by atomic mass is 35.5. The Morgan fingerprint density at radius 2 is 2.06 bits per heavy atom. The third-order valence-corrected chi connectivity index (χ3v) is 2.42. The summed E-state index contributed by atoms with van der Waals surface area (Å²) < 4.78 is 29.1. The molecular formula is C10H13Cl2F2NO2. The molecule has 1 rings (SSSR count). The lowest BCUT2D eigenvalue weighted by molar-refractivity contribution is 0.128. The van der Waals surface area contributed by atoms with Crippen LogP contribution in [0.15, 0.2) is 12.1 Å². The van der Waals surface area contributed by atoms with Crippen molar-refractivity contribution in [2.75, 3.05) is 7.11 Å². The van der Waals surface area contributed by atoms with Crippen LogP contribution in [0.1, 0.15) is 18.0 Å². The summed E-state index contributed by atoms with van der Waals surface area (Å²) in [6.07, 6.45) is -2.96. The van der Waals surface area contributed by atoms with Gasteiger partial charge in [-0.2, -0.15) is 0 Å². The average Bonchev–Trinajstić information content (AvgIpc) is 2.20. The number of hydrogen-bond acceptors (Lipinski definition) is 3. The summed E-state index contributed by atoms with van der Waals surface area (Å²) in [5.74, 6) is -0.107. The number of nitrogens with two attached hydrogens (primary N) is 1. The van der Waals surface area contributed by atoms with Crippen molar-refractivity contribution in [3.05, 3.63) is 22.7 Å². The van der Waals surface area contributed by atoms with Gasteiger partial charge in [0.25, 0.3) is 0 Å². The maximum Gasteiger partial charge on any atom is 0.240 e. The monoisotopic (exact) mass is 287 g/mol. The van der Waals surface area contributed by atoms with Gasteiger partial charge in [-0.25, -0.2) is 8.78 Å². The van der Waals surface area contributed by atoms with Crippen LogP contribution in [0.3, 0.4) is 0 Å². The molecule has 0 aliphatic heterocycles. The minimum Gasteiger partial charge on any atom is -0.503 e. The first kappa shape index (κ1) is 16.2. The summed E-state index contributed by atoms with van der Waals surface area (Å²) in [4.78, 5) is 0. The molecule has 3 nitrogen and oxygen atoms in total. The lowest BCUT2D eigenvalue weighted by Crippen LogP contribution is -2.14. The van der Waals surface area contributed by atoms with Gasteiger partial charge in [-0.3, -0.25) is 0 Å². The van der Waals surface area contributed by atoms with Crippen molar-refractivity contribution in [3.8, 4) is 11.5 Å². The molecule has 0 saturated heterocycles. The number of alkyl halides is 2. The van der Waals surface area contributed by atoms with Crippen LogP contribution in [0.25, 0.3) is 0 Å². The lowest BCUT2D eigenvalue weighted by Gasteiger charge is -2.14. The number of aromatic hydroxyl groups is 1. The quantitative estimate of drug-likeness (QED) is 0.895. The summed E-state index contributed by atoms with van der Waals surface area (Å²) in [7, 11) is 1.34. The van der Waals surface area contributed by atoms with Gasteiger partial charge in [0, 0.05) is 12.5 Å². The summed E-state index contributed by atoms with van der Waals surface area (Å²) in [6.45, 7) is 0. The van der Waals surface area contributed by atoms with E-state index in [4.69, 9.17) is 22.1 Å². The van der Waals surface area contributed by atoms with Gasteiger partial charge < -0.3 is 15.6 Å². The van der Waals surface area contributed by atoms with Crippen molar-refractivity contribution >= 4 is 24.0 Å². The molecule has 0 radical (unpaired) electrons. The third kappa shape index (κ3) is 4.18. The van der Waals surface area contributed by atoms with Gasteiger partial charge in [-0.05, 0) is 17.7 Å². The molecule has 7 heteroatoms. The van der Waals surface area contributed by atoms with Crippen LogP contribution in [0.2, 0.25) is 5.02 Å². The van der Waals surface area contributed by atoms with E-state index >= 15 is 0 Å². The molecule has 0 bridgehead atoms. The maximum atomic E-state index is 12.1. The number of halogens is 4. The molecule has 17 heavy (non-hydrogen) atoms. The SMILES string of the molecule is COc1cc([C@@H](N)CC(F)F)cc(Cl)c1O.Cl. The molecule has 98 valence electrons. The second kappa shape index (κ2) is 6.83. The third-order valence-electron chi connectivity index (χ3n) is 2.13. The summed E-state index contributed by atoms with van der Waals surface area (Å²) in [5, 5.41) is 9.47. The number of hydrogen-bond donors (Lipinski definition) is 2. The van der Waals surface area contributed by atoms with Crippen molar-refractivity contribution in [2.45, 2.75) is 18.9 Å². The van der Waals surface area contributed by atoms with Crippen molar-refractivity contribution in [3.63, 3.8) is 0 Å². The van der Waals surface area contributed by atoms with E-state index in [1.165, 1.54) is 19.2 Å². The Hall–Kier alpha value is -0.780. The highest BCUT2D eigenvalue weighted by molar-refractivity contribution is 6.32. The van der Waals surface area contributed by atoms with E-state index in [1.54, 1.807) is 0 Å². The van der Waals surface area contributed by atoms with Gasteiger partial charge in [0.2, 0.25) is 6.43 Å². The van der Waals surface area contributed by atoms with E-state index in [-0.39, 0.29) is 28.9 Å². The molecule has 1 aromatic carbocycles. The summed E-state index contributed by atoms with van der Waals surface area (Å²) in [6, 6.07) is 1.91. The van der Waals surface area contributed by atoms with Gasteiger partial charge in [-0.15, -0.1) is 12.4 Å². The van der Waals surface area contributed by atoms with E-state index in [0.717, 1.165) is 0 Å². The van der Waals surface area contributed by atoms with Crippen LogP contribution >= 0.6 is 24.0 Å². The molecule has 1 aromatic rings. The van der Waals surface area contributed by atoms with E-state index in [2.05, 4.69) is 0 Å². The lowest BCUT2D eigenvalue weighted by atomic mass is 10.0. The number of rotatable bonds is 4. The largest absolute Gasteiger partial charge is 0.503 e. The smallest absolute Gasteiger partial charge is 0.240 e. The van der Waals surface area contributed by atoms with Gasteiger partial charge in [-0.1, -0.05) is 11.6 Å². The van der Waals surface area contributed by atoms with Crippen LogP contribution in [0.5, 0.6) is 11.5 Å². The van der Waals surface area contributed by atoms with Crippen molar-refractivity contribution in [2.24, 2.45) is 5.73 Å². The summed E-state index contributed by atoms with van der Waals surface area (Å²) >= 11 is 5.71. The fourth-order valence-corrected chi connectivity index (χ4v) is 1.51. The Morgan fingerprint density at radius 1 is 1.47 bits per heavy atom. The van der Waals surface area contributed by atoms with Gasteiger partial charge in [0.05, 0.1) is 12.1 Å². The van der Waals surface area contributed by atoms with Crippen LogP contribution in [-0.4, -0.2) is 18.6 Å². The Kier molecular flexibility index (Phi) is 6.52. The van der Waals surface area contributed by atoms with Crippen molar-refractivity contribution in [1.82, 2.24) is 0 Å². The van der Waals surface area contributed by atoms with Crippen LogP contribution in [0.4, 0.5) is 8.78 Å². The number of benzene rings is 1. The zero-order valence-corrected chi connectivity index (χ0v) is 10.6. The van der Waals surface area contributed by atoms with E-state index in [0.29, 0.717) is 5.56 Å². The Bertz CT molecular complexity index is 378. The fourth-order valence-electron chi connectivity index (χ4n) is 1.29. The second-order valence-electron chi connectivity index (χ2n) is 3.29. The molecule has 0 heterocycles. The topological polar surface area (TPSA) is 55.5 Å². The van der Waals surface area contributed by atoms with Gasteiger partial charge in [0.1, 0.15) is 0 Å². The highest BCUT2D eigenvalue weighted by Crippen LogP contribution is 2.37. The number of ether oxygens (including phenoxy) is 1. The Morgan fingerprint density at radius 3 is 2.53 bits per heavy atom. The van der Waals surface area contributed by atoms with Crippen LogP contribution < -0.4 is 10.5 Å². The van der Waals surface area contributed by atoms with Crippen LogP contribution in [-0.2, 0) is 0 Å². The molecule has 3 N–H and O–H groups in total. The van der Waals surface area contributed by atoms with E-state index < -0.39 is 18.9 Å². The minimum absolute atomic E-state index is 0. The molecule has 0 saturated carbocycles. The molecular weight excluding hydrogens is 275 g/mol. The van der Waals surface area contributed by atoms with Crippen molar-refractivity contribution < 1.29 is 18.6 Å². The number of methoxy groups -OCH3 is 1. The maximum absolute atomic E-state index is 12.1. The van der Waals surface area contributed by atoms with Gasteiger partial charge in [0.15, 0.2) is 11.5 Å².